The maximum atomic E-state index is 11.5. The number of carbonyl (C=O) groups is 1. The summed E-state index contributed by atoms with van der Waals surface area (Å²) in [4.78, 5) is 11.0. The Morgan fingerprint density at radius 2 is 2.00 bits per heavy atom. The van der Waals surface area contributed by atoms with Gasteiger partial charge in [-0.15, -0.1) is 0 Å². The van der Waals surface area contributed by atoms with E-state index in [9.17, 15) is 13.2 Å². The van der Waals surface area contributed by atoms with Crippen LogP contribution in [0.5, 0.6) is 0 Å². The van der Waals surface area contributed by atoms with Gasteiger partial charge in [0.05, 0.1) is 11.0 Å². The molecule has 1 saturated carbocycles. The first kappa shape index (κ1) is 8.23. The third-order valence-corrected chi connectivity index (χ3v) is 5.24. The summed E-state index contributed by atoms with van der Waals surface area (Å²) >= 11 is 0. The van der Waals surface area contributed by atoms with Gasteiger partial charge in [-0.2, -0.15) is 0 Å². The first-order chi connectivity index (χ1) is 5.59. The fraction of sp³-hybridized carbons (Fsp3) is 0.875. The molecule has 3 nitrogen and oxygen atoms in total. The van der Waals surface area contributed by atoms with Crippen LogP contribution in [0.2, 0.25) is 0 Å². The topological polar surface area (TPSA) is 51.2 Å². The van der Waals surface area contributed by atoms with Crippen molar-refractivity contribution in [1.82, 2.24) is 0 Å². The maximum absolute atomic E-state index is 11.5. The standard InChI is InChI=1S/C8H12O3S/c9-7-4-6-2-1-3-12(10,11)8(6)5-7/h6,8H,1-5H2. The van der Waals surface area contributed by atoms with Gasteiger partial charge in [-0.25, -0.2) is 8.42 Å². The summed E-state index contributed by atoms with van der Waals surface area (Å²) in [5, 5.41) is -0.321. The molecule has 68 valence electrons. The van der Waals surface area contributed by atoms with Crippen molar-refractivity contribution in [3.8, 4) is 0 Å². The van der Waals surface area contributed by atoms with Crippen molar-refractivity contribution in [2.24, 2.45) is 5.92 Å². The zero-order valence-corrected chi connectivity index (χ0v) is 7.64. The molecule has 2 unspecified atom stereocenters. The predicted molar refractivity (Wildman–Crippen MR) is 44.5 cm³/mol. The molecule has 0 aromatic rings. The molecule has 0 N–H and O–H groups in total. The smallest absolute Gasteiger partial charge is 0.153 e. The molecular formula is C8H12O3S. The number of sulfone groups is 1. The molecule has 0 amide bonds. The summed E-state index contributed by atoms with van der Waals surface area (Å²) in [7, 11) is -2.91. The molecule has 0 radical (unpaired) electrons. The highest BCUT2D eigenvalue weighted by Gasteiger charge is 2.43. The third-order valence-electron chi connectivity index (χ3n) is 2.91. The highest BCUT2D eigenvalue weighted by atomic mass is 32.2. The van der Waals surface area contributed by atoms with Crippen molar-refractivity contribution in [2.75, 3.05) is 5.75 Å². The Balaban J connectivity index is 2.30. The molecular weight excluding hydrogens is 176 g/mol. The van der Waals surface area contributed by atoms with E-state index in [0.717, 1.165) is 12.8 Å². The second-order valence-electron chi connectivity index (χ2n) is 3.75. The molecule has 0 bridgehead atoms. The maximum Gasteiger partial charge on any atom is 0.153 e. The van der Waals surface area contributed by atoms with Gasteiger partial charge in [0.2, 0.25) is 0 Å². The molecule has 1 aliphatic heterocycles. The largest absolute Gasteiger partial charge is 0.300 e. The van der Waals surface area contributed by atoms with Crippen molar-refractivity contribution in [3.05, 3.63) is 0 Å². The lowest BCUT2D eigenvalue weighted by Crippen LogP contribution is -2.32. The number of carbonyl (C=O) groups excluding carboxylic acids is 1. The van der Waals surface area contributed by atoms with E-state index in [1.807, 2.05) is 0 Å². The first-order valence-electron chi connectivity index (χ1n) is 4.33. The van der Waals surface area contributed by atoms with E-state index in [-0.39, 0.29) is 23.4 Å². The van der Waals surface area contributed by atoms with Crippen molar-refractivity contribution in [2.45, 2.75) is 30.9 Å². The van der Waals surface area contributed by atoms with E-state index < -0.39 is 9.84 Å². The van der Waals surface area contributed by atoms with Crippen LogP contribution in [0.15, 0.2) is 0 Å². The zero-order chi connectivity index (χ0) is 8.77. The molecule has 2 aliphatic rings. The summed E-state index contributed by atoms with van der Waals surface area (Å²) in [5.74, 6) is 0.577. The zero-order valence-electron chi connectivity index (χ0n) is 6.82. The Bertz CT molecular complexity index is 304. The Morgan fingerprint density at radius 1 is 1.25 bits per heavy atom. The SMILES string of the molecule is O=C1CC2CCCS(=O)(=O)C2C1. The van der Waals surface area contributed by atoms with Gasteiger partial charge in [0.15, 0.2) is 9.84 Å². The minimum Gasteiger partial charge on any atom is -0.300 e. The quantitative estimate of drug-likeness (QED) is 0.557. The van der Waals surface area contributed by atoms with Crippen molar-refractivity contribution >= 4 is 15.6 Å². The predicted octanol–water partition coefficient (Wildman–Crippen LogP) is 0.543. The van der Waals surface area contributed by atoms with Crippen LogP contribution in [0.25, 0.3) is 0 Å². The lowest BCUT2D eigenvalue weighted by Gasteiger charge is -2.23. The number of hydrogen-bond acceptors (Lipinski definition) is 3. The fourth-order valence-electron chi connectivity index (χ4n) is 2.30. The van der Waals surface area contributed by atoms with E-state index >= 15 is 0 Å². The lowest BCUT2D eigenvalue weighted by molar-refractivity contribution is -0.117. The van der Waals surface area contributed by atoms with E-state index in [1.165, 1.54) is 0 Å². The second-order valence-corrected chi connectivity index (χ2v) is 6.09. The summed E-state index contributed by atoms with van der Waals surface area (Å²) in [6.45, 7) is 0. The van der Waals surface area contributed by atoms with Crippen LogP contribution < -0.4 is 0 Å². The van der Waals surface area contributed by atoms with Crippen molar-refractivity contribution < 1.29 is 13.2 Å². The molecule has 2 fully saturated rings. The molecule has 4 heteroatoms. The average molecular weight is 188 g/mol. The van der Waals surface area contributed by atoms with E-state index in [1.54, 1.807) is 0 Å². The monoisotopic (exact) mass is 188 g/mol. The molecule has 1 saturated heterocycles. The van der Waals surface area contributed by atoms with Crippen LogP contribution in [-0.4, -0.2) is 25.2 Å². The number of fused-ring (bicyclic) bond motifs is 1. The summed E-state index contributed by atoms with van der Waals surface area (Å²) < 4.78 is 22.9. The van der Waals surface area contributed by atoms with Gasteiger partial charge in [0, 0.05) is 12.8 Å². The van der Waals surface area contributed by atoms with Gasteiger partial charge in [-0.05, 0) is 18.8 Å². The second kappa shape index (κ2) is 2.55. The summed E-state index contributed by atoms with van der Waals surface area (Å²) in [6, 6.07) is 0. The first-order valence-corrected chi connectivity index (χ1v) is 6.04. The van der Waals surface area contributed by atoms with Crippen molar-refractivity contribution in [1.29, 1.82) is 0 Å². The molecule has 2 rings (SSSR count). The molecule has 2 atom stereocenters. The molecule has 1 aliphatic carbocycles. The van der Waals surface area contributed by atoms with Crippen LogP contribution >= 0.6 is 0 Å². The van der Waals surface area contributed by atoms with Crippen LogP contribution in [-0.2, 0) is 14.6 Å². The van der Waals surface area contributed by atoms with E-state index in [0.29, 0.717) is 12.2 Å². The number of hydrogen-bond donors (Lipinski definition) is 0. The molecule has 12 heavy (non-hydrogen) atoms. The van der Waals surface area contributed by atoms with Gasteiger partial charge in [-0.3, -0.25) is 4.79 Å². The minimum atomic E-state index is -2.91. The normalized spacial score (nSPS) is 39.5. The molecule has 0 aromatic carbocycles. The van der Waals surface area contributed by atoms with Gasteiger partial charge in [0.1, 0.15) is 5.78 Å². The fourth-order valence-corrected chi connectivity index (χ4v) is 4.43. The number of rotatable bonds is 0. The van der Waals surface area contributed by atoms with Crippen LogP contribution in [0, 0.1) is 5.92 Å². The average Bonchev–Trinajstić information content (AvgIpc) is 2.30. The van der Waals surface area contributed by atoms with Gasteiger partial charge < -0.3 is 0 Å². The lowest BCUT2D eigenvalue weighted by atomic mass is 10.0. The Labute approximate surface area is 72.1 Å². The highest BCUT2D eigenvalue weighted by molar-refractivity contribution is 7.92. The van der Waals surface area contributed by atoms with Crippen LogP contribution in [0.3, 0.4) is 0 Å². The highest BCUT2D eigenvalue weighted by Crippen LogP contribution is 2.36. The Kier molecular flexibility index (Phi) is 1.75. The Hall–Kier alpha value is -0.380. The van der Waals surface area contributed by atoms with E-state index in [2.05, 4.69) is 0 Å². The number of ketones is 1. The minimum absolute atomic E-state index is 0.135. The number of Topliss-reactive ketones (excluding diaryl/α,β-unsaturated/α-hetero) is 1. The van der Waals surface area contributed by atoms with E-state index in [4.69, 9.17) is 0 Å². The molecule has 0 aromatic heterocycles. The van der Waals surface area contributed by atoms with Gasteiger partial charge in [0.25, 0.3) is 0 Å². The van der Waals surface area contributed by atoms with Crippen LogP contribution in [0.4, 0.5) is 0 Å². The summed E-state index contributed by atoms with van der Waals surface area (Å²) in [6.07, 6.45) is 2.46. The molecule has 1 heterocycles. The van der Waals surface area contributed by atoms with Crippen molar-refractivity contribution in [3.63, 3.8) is 0 Å². The molecule has 0 spiro atoms. The van der Waals surface area contributed by atoms with Gasteiger partial charge in [-0.1, -0.05) is 0 Å². The van der Waals surface area contributed by atoms with Gasteiger partial charge >= 0.3 is 0 Å². The third kappa shape index (κ3) is 1.18. The Morgan fingerprint density at radius 3 is 2.67 bits per heavy atom. The summed E-state index contributed by atoms with van der Waals surface area (Å²) in [5.41, 5.74) is 0. The van der Waals surface area contributed by atoms with Crippen LogP contribution in [0.1, 0.15) is 25.7 Å².